The van der Waals surface area contributed by atoms with Crippen LogP contribution in [0.5, 0.6) is 0 Å². The van der Waals surface area contributed by atoms with Gasteiger partial charge < -0.3 is 0 Å². The van der Waals surface area contributed by atoms with Crippen molar-refractivity contribution in [3.05, 3.63) is 35.9 Å². The Balaban J connectivity index is 1.78. The second-order valence-electron chi connectivity index (χ2n) is 5.52. The van der Waals surface area contributed by atoms with Gasteiger partial charge in [-0.25, -0.2) is 0 Å². The third-order valence-electron chi connectivity index (χ3n) is 4.04. The average Bonchev–Trinajstić information content (AvgIpc) is 2.77. The first-order chi connectivity index (χ1) is 10.7. The van der Waals surface area contributed by atoms with Gasteiger partial charge >= 0.3 is 11.8 Å². The van der Waals surface area contributed by atoms with Crippen LogP contribution >= 0.6 is 12.2 Å². The van der Waals surface area contributed by atoms with Gasteiger partial charge in [-0.15, -0.1) is 0 Å². The van der Waals surface area contributed by atoms with Crippen LogP contribution in [0.1, 0.15) is 37.7 Å². The van der Waals surface area contributed by atoms with Crippen LogP contribution in [0.2, 0.25) is 0 Å². The number of thiocarbonyl (C=S) groups is 1. The van der Waals surface area contributed by atoms with Crippen LogP contribution in [-0.2, 0) is 9.59 Å². The summed E-state index contributed by atoms with van der Waals surface area (Å²) in [6.45, 7) is 0. The zero-order valence-electron chi connectivity index (χ0n) is 12.1. The van der Waals surface area contributed by atoms with E-state index in [-0.39, 0.29) is 11.2 Å². The fraction of sp³-hybridized carbons (Fsp3) is 0.375. The number of carbonyl (C=O) groups is 2. The summed E-state index contributed by atoms with van der Waals surface area (Å²) < 4.78 is 0. The maximum absolute atomic E-state index is 12.2. The van der Waals surface area contributed by atoms with Crippen molar-refractivity contribution >= 4 is 35.4 Å². The lowest BCUT2D eigenvalue weighted by Crippen LogP contribution is -2.41. The predicted molar refractivity (Wildman–Crippen MR) is 87.2 cm³/mol. The van der Waals surface area contributed by atoms with Crippen LogP contribution in [0.15, 0.2) is 35.4 Å². The quantitative estimate of drug-likeness (QED) is 0.488. The summed E-state index contributed by atoms with van der Waals surface area (Å²) in [5.74, 6) is -1.22. The molecule has 1 aliphatic heterocycles. The predicted octanol–water partition coefficient (Wildman–Crippen LogP) is 2.31. The second kappa shape index (κ2) is 6.36. The summed E-state index contributed by atoms with van der Waals surface area (Å²) in [4.78, 5) is 25.8. The van der Waals surface area contributed by atoms with Gasteiger partial charge in [0, 0.05) is 6.04 Å². The number of amides is 2. The Hall–Kier alpha value is -2.08. The van der Waals surface area contributed by atoms with Crippen LogP contribution < -0.4 is 0 Å². The van der Waals surface area contributed by atoms with E-state index >= 15 is 0 Å². The summed E-state index contributed by atoms with van der Waals surface area (Å²) >= 11 is 5.31. The van der Waals surface area contributed by atoms with Crippen LogP contribution in [0.3, 0.4) is 0 Å². The van der Waals surface area contributed by atoms with Gasteiger partial charge in [-0.3, -0.25) is 14.5 Å². The second-order valence-corrected chi connectivity index (χ2v) is 5.89. The number of hydrazone groups is 1. The molecule has 22 heavy (non-hydrogen) atoms. The van der Waals surface area contributed by atoms with Crippen molar-refractivity contribution in [3.8, 4) is 0 Å². The first-order valence-corrected chi connectivity index (χ1v) is 7.90. The van der Waals surface area contributed by atoms with Gasteiger partial charge in [-0.1, -0.05) is 49.6 Å². The zero-order chi connectivity index (χ0) is 15.5. The molecular weight excluding hydrogens is 298 g/mol. The van der Waals surface area contributed by atoms with Gasteiger partial charge in [0.15, 0.2) is 0 Å². The first kappa shape index (κ1) is 14.8. The Bertz CT molecular complexity index is 624. The Kier molecular flexibility index (Phi) is 4.29. The maximum Gasteiger partial charge on any atom is 0.339 e. The third kappa shape index (κ3) is 2.78. The standard InChI is InChI=1S/C16H17N3O2S/c20-14-15(21)19(17-11-12-7-3-1-4-8-12)16(22)18(14)13-9-5-2-6-10-13/h1,3-4,7-8,11,13H,2,5-6,9-10H2/b17-11+. The van der Waals surface area contributed by atoms with E-state index in [1.54, 1.807) is 6.21 Å². The largest absolute Gasteiger partial charge is 0.339 e. The molecule has 3 rings (SSSR count). The molecule has 0 spiro atoms. The lowest BCUT2D eigenvalue weighted by molar-refractivity contribution is -0.144. The fourth-order valence-electron chi connectivity index (χ4n) is 2.90. The number of nitrogens with zero attached hydrogens (tertiary/aromatic N) is 3. The SMILES string of the molecule is O=C1C(=O)N(C2CCCCC2)C(=S)N1/N=C/c1ccccc1. The van der Waals surface area contributed by atoms with E-state index in [0.717, 1.165) is 36.3 Å². The molecule has 2 fully saturated rings. The van der Waals surface area contributed by atoms with Gasteiger partial charge in [0.2, 0.25) is 5.11 Å². The van der Waals surface area contributed by atoms with E-state index in [0.29, 0.717) is 0 Å². The summed E-state index contributed by atoms with van der Waals surface area (Å²) in [6, 6.07) is 9.43. The van der Waals surface area contributed by atoms with E-state index in [2.05, 4.69) is 5.10 Å². The molecule has 2 aliphatic rings. The summed E-state index contributed by atoms with van der Waals surface area (Å²) in [7, 11) is 0. The summed E-state index contributed by atoms with van der Waals surface area (Å²) in [6.07, 6.45) is 6.65. The van der Waals surface area contributed by atoms with Crippen LogP contribution in [-0.4, -0.2) is 39.1 Å². The van der Waals surface area contributed by atoms with Gasteiger partial charge in [0.05, 0.1) is 6.21 Å². The Morgan fingerprint density at radius 3 is 2.41 bits per heavy atom. The van der Waals surface area contributed by atoms with E-state index in [1.807, 2.05) is 30.3 Å². The van der Waals surface area contributed by atoms with Crippen molar-refractivity contribution in [3.63, 3.8) is 0 Å². The Labute approximate surface area is 134 Å². The number of hydrogen-bond acceptors (Lipinski definition) is 4. The monoisotopic (exact) mass is 315 g/mol. The van der Waals surface area contributed by atoms with Gasteiger partial charge in [-0.2, -0.15) is 10.1 Å². The van der Waals surface area contributed by atoms with Crippen molar-refractivity contribution in [2.75, 3.05) is 0 Å². The molecule has 1 saturated heterocycles. The van der Waals surface area contributed by atoms with Crippen LogP contribution in [0.4, 0.5) is 0 Å². The molecule has 0 bridgehead atoms. The van der Waals surface area contributed by atoms with Crippen molar-refractivity contribution < 1.29 is 9.59 Å². The maximum atomic E-state index is 12.2. The molecule has 1 aromatic rings. The highest BCUT2D eigenvalue weighted by Crippen LogP contribution is 2.27. The highest BCUT2D eigenvalue weighted by molar-refractivity contribution is 7.80. The number of benzene rings is 1. The van der Waals surface area contributed by atoms with Gasteiger partial charge in [0.25, 0.3) is 0 Å². The molecule has 0 aromatic heterocycles. The fourth-order valence-corrected chi connectivity index (χ4v) is 3.26. The molecule has 6 heteroatoms. The molecule has 5 nitrogen and oxygen atoms in total. The minimum Gasteiger partial charge on any atom is -0.276 e. The highest BCUT2D eigenvalue weighted by atomic mass is 32.1. The van der Waals surface area contributed by atoms with E-state index in [1.165, 1.54) is 11.3 Å². The lowest BCUT2D eigenvalue weighted by Gasteiger charge is -2.29. The lowest BCUT2D eigenvalue weighted by atomic mass is 9.94. The number of rotatable bonds is 3. The topological polar surface area (TPSA) is 53.0 Å². The smallest absolute Gasteiger partial charge is 0.276 e. The van der Waals surface area contributed by atoms with Crippen molar-refractivity contribution in [1.29, 1.82) is 0 Å². The van der Waals surface area contributed by atoms with Crippen LogP contribution in [0, 0.1) is 0 Å². The molecular formula is C16H17N3O2S. The third-order valence-corrected chi connectivity index (χ3v) is 4.41. The first-order valence-electron chi connectivity index (χ1n) is 7.49. The normalized spacial score (nSPS) is 20.5. The highest BCUT2D eigenvalue weighted by Gasteiger charge is 2.45. The Morgan fingerprint density at radius 1 is 1.05 bits per heavy atom. The number of hydrogen-bond donors (Lipinski definition) is 0. The minimum atomic E-state index is -0.664. The molecule has 1 aromatic carbocycles. The van der Waals surface area contributed by atoms with Crippen molar-refractivity contribution in [2.24, 2.45) is 5.10 Å². The average molecular weight is 315 g/mol. The summed E-state index contributed by atoms with van der Waals surface area (Å²) in [5, 5.41) is 5.35. The zero-order valence-corrected chi connectivity index (χ0v) is 13.0. The Morgan fingerprint density at radius 2 is 1.73 bits per heavy atom. The van der Waals surface area contributed by atoms with E-state index in [9.17, 15) is 9.59 Å². The molecule has 0 unspecified atom stereocenters. The molecule has 1 saturated carbocycles. The minimum absolute atomic E-state index is 0.0367. The summed E-state index contributed by atoms with van der Waals surface area (Å²) in [5.41, 5.74) is 0.849. The molecule has 0 radical (unpaired) electrons. The van der Waals surface area contributed by atoms with Crippen LogP contribution in [0.25, 0.3) is 0 Å². The van der Waals surface area contributed by atoms with Crippen molar-refractivity contribution in [1.82, 2.24) is 9.91 Å². The molecule has 1 aliphatic carbocycles. The number of carbonyl (C=O) groups excluding carboxylic acids is 2. The molecule has 2 amide bonds. The molecule has 0 atom stereocenters. The van der Waals surface area contributed by atoms with E-state index < -0.39 is 11.8 Å². The van der Waals surface area contributed by atoms with Crippen molar-refractivity contribution in [2.45, 2.75) is 38.1 Å². The van der Waals surface area contributed by atoms with E-state index in [4.69, 9.17) is 12.2 Å². The molecule has 0 N–H and O–H groups in total. The molecule has 114 valence electrons. The molecule has 1 heterocycles. The van der Waals surface area contributed by atoms with Gasteiger partial charge in [-0.05, 0) is 30.6 Å². The van der Waals surface area contributed by atoms with Gasteiger partial charge in [0.1, 0.15) is 0 Å².